The molecule has 0 unspecified atom stereocenters. The summed E-state index contributed by atoms with van der Waals surface area (Å²) in [7, 11) is 0. The van der Waals surface area contributed by atoms with Gasteiger partial charge in [-0.15, -0.1) is 17.9 Å². The summed E-state index contributed by atoms with van der Waals surface area (Å²) in [6, 6.07) is 8.07. The number of nitrogens with zero attached hydrogens (tertiary/aromatic N) is 2. The number of benzene rings is 1. The number of rotatable bonds is 7. The zero-order valence-electron chi connectivity index (χ0n) is 15.7. The van der Waals surface area contributed by atoms with Gasteiger partial charge in [0.25, 0.3) is 0 Å². The summed E-state index contributed by atoms with van der Waals surface area (Å²) >= 11 is 1.63. The van der Waals surface area contributed by atoms with Crippen molar-refractivity contribution < 1.29 is 13.6 Å². The van der Waals surface area contributed by atoms with E-state index in [1.807, 2.05) is 17.5 Å². The minimum absolute atomic E-state index is 0.0765. The van der Waals surface area contributed by atoms with Crippen molar-refractivity contribution in [1.29, 1.82) is 0 Å². The van der Waals surface area contributed by atoms with Gasteiger partial charge in [0.15, 0.2) is 11.6 Å². The molecule has 0 bridgehead atoms. The Hall–Kier alpha value is -2.25. The van der Waals surface area contributed by atoms with Crippen LogP contribution in [0.25, 0.3) is 0 Å². The first kappa shape index (κ1) is 20.5. The Labute approximate surface area is 168 Å². The van der Waals surface area contributed by atoms with Gasteiger partial charge in [0.05, 0.1) is 6.54 Å². The van der Waals surface area contributed by atoms with E-state index < -0.39 is 11.6 Å². The molecular weight excluding hydrogens is 380 g/mol. The quantitative estimate of drug-likeness (QED) is 0.694. The number of hydrogen-bond acceptors (Lipinski definition) is 3. The van der Waals surface area contributed by atoms with Crippen molar-refractivity contribution in [2.75, 3.05) is 19.6 Å². The Morgan fingerprint density at radius 2 is 2.07 bits per heavy atom. The van der Waals surface area contributed by atoms with Gasteiger partial charge in [0, 0.05) is 37.1 Å². The van der Waals surface area contributed by atoms with Crippen LogP contribution in [0.2, 0.25) is 0 Å². The number of nitrogens with one attached hydrogen (secondary N) is 1. The lowest BCUT2D eigenvalue weighted by Gasteiger charge is -2.33. The van der Waals surface area contributed by atoms with Crippen LogP contribution in [0, 0.1) is 11.6 Å². The second-order valence-corrected chi connectivity index (χ2v) is 8.03. The third kappa shape index (κ3) is 5.62. The number of carbonyl (C=O) groups is 1. The molecule has 0 spiro atoms. The van der Waals surface area contributed by atoms with Crippen LogP contribution >= 0.6 is 11.3 Å². The molecule has 0 radical (unpaired) electrons. The highest BCUT2D eigenvalue weighted by Crippen LogP contribution is 2.17. The zero-order chi connectivity index (χ0) is 19.9. The first-order chi connectivity index (χ1) is 13.5. The molecule has 1 N–H and O–H groups in total. The predicted octanol–water partition coefficient (Wildman–Crippen LogP) is 4.39. The number of urea groups is 1. The number of piperidine rings is 1. The molecule has 0 saturated carbocycles. The SMILES string of the molecule is C=CCN(Cc1cccs1)C(=O)NC1CCN(Cc2ccc(F)c(F)c2)CC1. The lowest BCUT2D eigenvalue weighted by Crippen LogP contribution is -2.48. The first-order valence-electron chi connectivity index (χ1n) is 9.40. The highest BCUT2D eigenvalue weighted by Gasteiger charge is 2.23. The Bertz CT molecular complexity index is 789. The molecular formula is C21H25F2N3OS. The number of amides is 2. The van der Waals surface area contributed by atoms with E-state index in [4.69, 9.17) is 0 Å². The Morgan fingerprint density at radius 3 is 2.71 bits per heavy atom. The highest BCUT2D eigenvalue weighted by atomic mass is 32.1. The van der Waals surface area contributed by atoms with Crippen LogP contribution in [0.5, 0.6) is 0 Å². The topological polar surface area (TPSA) is 35.6 Å². The standard InChI is InChI=1S/C21H25F2N3OS/c1-2-9-26(15-18-4-3-12-28-18)21(27)24-17-7-10-25(11-8-17)14-16-5-6-19(22)20(23)13-16/h2-6,12-13,17H,1,7-11,14-15H2,(H,24,27). The van der Waals surface area contributed by atoms with Crippen molar-refractivity contribution in [3.8, 4) is 0 Å². The molecule has 1 aliphatic heterocycles. The van der Waals surface area contributed by atoms with Gasteiger partial charge in [-0.05, 0) is 42.0 Å². The minimum atomic E-state index is -0.822. The number of halogens is 2. The fraction of sp³-hybridized carbons (Fsp3) is 0.381. The van der Waals surface area contributed by atoms with Crippen LogP contribution in [0.15, 0.2) is 48.4 Å². The lowest BCUT2D eigenvalue weighted by atomic mass is 10.0. The van der Waals surface area contributed by atoms with E-state index >= 15 is 0 Å². The third-order valence-electron chi connectivity index (χ3n) is 4.87. The number of thiophene rings is 1. The summed E-state index contributed by atoms with van der Waals surface area (Å²) in [6.45, 7) is 7.00. The summed E-state index contributed by atoms with van der Waals surface area (Å²) in [6.07, 6.45) is 3.39. The van der Waals surface area contributed by atoms with E-state index in [1.165, 1.54) is 12.1 Å². The average molecular weight is 406 g/mol. The third-order valence-corrected chi connectivity index (χ3v) is 5.73. The van der Waals surface area contributed by atoms with E-state index in [0.717, 1.165) is 36.4 Å². The molecule has 0 aliphatic carbocycles. The summed E-state index contributed by atoms with van der Waals surface area (Å²) in [4.78, 5) is 17.7. The van der Waals surface area contributed by atoms with Crippen LogP contribution in [0.3, 0.4) is 0 Å². The summed E-state index contributed by atoms with van der Waals surface area (Å²) in [5, 5.41) is 5.13. The van der Waals surface area contributed by atoms with Crippen LogP contribution < -0.4 is 5.32 Å². The predicted molar refractivity (Wildman–Crippen MR) is 108 cm³/mol. The maximum Gasteiger partial charge on any atom is 0.318 e. The summed E-state index contributed by atoms with van der Waals surface area (Å²) in [5.74, 6) is -1.63. The van der Waals surface area contributed by atoms with Gasteiger partial charge in [-0.3, -0.25) is 4.90 Å². The van der Waals surface area contributed by atoms with Gasteiger partial charge in [0.2, 0.25) is 0 Å². The Morgan fingerprint density at radius 1 is 1.29 bits per heavy atom. The molecule has 1 aromatic carbocycles. The maximum atomic E-state index is 13.4. The minimum Gasteiger partial charge on any atom is -0.335 e. The number of likely N-dealkylation sites (tertiary alicyclic amines) is 1. The molecule has 1 aromatic heterocycles. The molecule has 1 fully saturated rings. The molecule has 28 heavy (non-hydrogen) atoms. The smallest absolute Gasteiger partial charge is 0.318 e. The number of carbonyl (C=O) groups excluding carboxylic acids is 1. The molecule has 1 saturated heterocycles. The monoisotopic (exact) mass is 405 g/mol. The van der Waals surface area contributed by atoms with Crippen molar-refractivity contribution in [2.45, 2.75) is 32.0 Å². The molecule has 0 atom stereocenters. The molecule has 4 nitrogen and oxygen atoms in total. The van der Waals surface area contributed by atoms with Crippen LogP contribution in [0.1, 0.15) is 23.3 Å². The second kappa shape index (κ2) is 9.80. The fourth-order valence-electron chi connectivity index (χ4n) is 3.36. The van der Waals surface area contributed by atoms with Crippen molar-refractivity contribution in [2.24, 2.45) is 0 Å². The average Bonchev–Trinajstić information content (AvgIpc) is 3.19. The van der Waals surface area contributed by atoms with Crippen LogP contribution in [-0.2, 0) is 13.1 Å². The Balaban J connectivity index is 1.47. The van der Waals surface area contributed by atoms with E-state index in [1.54, 1.807) is 28.4 Å². The summed E-state index contributed by atoms with van der Waals surface area (Å²) < 4.78 is 26.4. The van der Waals surface area contributed by atoms with Gasteiger partial charge in [-0.2, -0.15) is 0 Å². The first-order valence-corrected chi connectivity index (χ1v) is 10.3. The van der Waals surface area contributed by atoms with Crippen molar-refractivity contribution in [3.63, 3.8) is 0 Å². The van der Waals surface area contributed by atoms with Gasteiger partial charge in [0.1, 0.15) is 0 Å². The molecule has 3 rings (SSSR count). The molecule has 7 heteroatoms. The van der Waals surface area contributed by atoms with Crippen molar-refractivity contribution in [1.82, 2.24) is 15.1 Å². The van der Waals surface area contributed by atoms with E-state index in [2.05, 4.69) is 16.8 Å². The van der Waals surface area contributed by atoms with Crippen LogP contribution in [0.4, 0.5) is 13.6 Å². The fourth-order valence-corrected chi connectivity index (χ4v) is 4.08. The molecule has 1 aliphatic rings. The van der Waals surface area contributed by atoms with E-state index in [9.17, 15) is 13.6 Å². The van der Waals surface area contributed by atoms with Gasteiger partial charge in [-0.1, -0.05) is 18.2 Å². The van der Waals surface area contributed by atoms with Gasteiger partial charge in [-0.25, -0.2) is 13.6 Å². The zero-order valence-corrected chi connectivity index (χ0v) is 16.6. The maximum absolute atomic E-state index is 13.4. The van der Waals surface area contributed by atoms with E-state index in [0.29, 0.717) is 19.6 Å². The van der Waals surface area contributed by atoms with Crippen molar-refractivity contribution >= 4 is 17.4 Å². The van der Waals surface area contributed by atoms with Gasteiger partial charge >= 0.3 is 6.03 Å². The largest absolute Gasteiger partial charge is 0.335 e. The van der Waals surface area contributed by atoms with E-state index in [-0.39, 0.29) is 12.1 Å². The molecule has 150 valence electrons. The molecule has 2 heterocycles. The molecule has 2 amide bonds. The van der Waals surface area contributed by atoms with Gasteiger partial charge < -0.3 is 10.2 Å². The van der Waals surface area contributed by atoms with Crippen LogP contribution in [-0.4, -0.2) is 41.5 Å². The summed E-state index contributed by atoms with van der Waals surface area (Å²) in [5.41, 5.74) is 0.759. The lowest BCUT2D eigenvalue weighted by molar-refractivity contribution is 0.170. The Kier molecular flexibility index (Phi) is 7.17. The normalized spacial score (nSPS) is 15.4. The second-order valence-electron chi connectivity index (χ2n) is 7.00. The highest BCUT2D eigenvalue weighted by molar-refractivity contribution is 7.09. The molecule has 2 aromatic rings. The number of hydrogen-bond donors (Lipinski definition) is 1. The van der Waals surface area contributed by atoms with Crippen molar-refractivity contribution in [3.05, 3.63) is 70.4 Å².